The molecule has 0 aliphatic carbocycles. The number of benzene rings is 1. The van der Waals surface area contributed by atoms with Crippen LogP contribution in [0.25, 0.3) is 10.9 Å². The average molecular weight is 204 g/mol. The molecule has 78 valence electrons. The molecule has 0 unspecified atom stereocenters. The first-order valence-corrected chi connectivity index (χ1v) is 4.67. The summed E-state index contributed by atoms with van der Waals surface area (Å²) in [4.78, 5) is 10.3. The minimum atomic E-state index is -0.997. The summed E-state index contributed by atoms with van der Waals surface area (Å²) in [5.74, 6) is 0. The lowest BCUT2D eigenvalue weighted by Gasteiger charge is -2.02. The predicted octanol–water partition coefficient (Wildman–Crippen LogP) is 1.95. The van der Waals surface area contributed by atoms with E-state index in [2.05, 4.69) is 5.32 Å². The van der Waals surface area contributed by atoms with Crippen molar-refractivity contribution in [2.45, 2.75) is 6.54 Å². The minimum absolute atomic E-state index is 0.347. The Morgan fingerprint density at radius 1 is 1.47 bits per heavy atom. The Balaban J connectivity index is 2.27. The number of amides is 1. The fourth-order valence-corrected chi connectivity index (χ4v) is 1.62. The lowest BCUT2D eigenvalue weighted by molar-refractivity contribution is 0.194. The van der Waals surface area contributed by atoms with Crippen molar-refractivity contribution < 1.29 is 9.90 Å². The Morgan fingerprint density at radius 2 is 2.27 bits per heavy atom. The maximum Gasteiger partial charge on any atom is 0.404 e. The van der Waals surface area contributed by atoms with Crippen LogP contribution in [0.1, 0.15) is 5.56 Å². The fraction of sp³-hybridized carbons (Fsp3) is 0.182. The van der Waals surface area contributed by atoms with E-state index in [0.717, 1.165) is 16.5 Å². The van der Waals surface area contributed by atoms with Crippen molar-refractivity contribution in [3.8, 4) is 0 Å². The van der Waals surface area contributed by atoms with Gasteiger partial charge < -0.3 is 15.0 Å². The van der Waals surface area contributed by atoms with Crippen molar-refractivity contribution in [2.75, 3.05) is 0 Å². The summed E-state index contributed by atoms with van der Waals surface area (Å²) >= 11 is 0. The van der Waals surface area contributed by atoms with Crippen LogP contribution in [-0.4, -0.2) is 15.8 Å². The zero-order valence-electron chi connectivity index (χ0n) is 8.40. The van der Waals surface area contributed by atoms with Gasteiger partial charge in [-0.2, -0.15) is 0 Å². The topological polar surface area (TPSA) is 54.3 Å². The lowest BCUT2D eigenvalue weighted by atomic mass is 10.1. The van der Waals surface area contributed by atoms with E-state index in [0.29, 0.717) is 6.54 Å². The van der Waals surface area contributed by atoms with Crippen LogP contribution in [0, 0.1) is 0 Å². The molecule has 0 bridgehead atoms. The number of hydrogen-bond acceptors (Lipinski definition) is 1. The van der Waals surface area contributed by atoms with Gasteiger partial charge in [0.05, 0.1) is 0 Å². The second-order valence-corrected chi connectivity index (χ2v) is 3.48. The first kappa shape index (κ1) is 9.58. The summed E-state index contributed by atoms with van der Waals surface area (Å²) < 4.78 is 2.03. The molecular weight excluding hydrogens is 192 g/mol. The second-order valence-electron chi connectivity index (χ2n) is 3.48. The van der Waals surface area contributed by atoms with E-state index in [1.165, 1.54) is 0 Å². The summed E-state index contributed by atoms with van der Waals surface area (Å²) in [6.07, 6.45) is 0.988. The van der Waals surface area contributed by atoms with E-state index in [-0.39, 0.29) is 0 Å². The van der Waals surface area contributed by atoms with E-state index in [4.69, 9.17) is 5.11 Å². The van der Waals surface area contributed by atoms with Crippen molar-refractivity contribution in [2.24, 2.45) is 7.05 Å². The highest BCUT2D eigenvalue weighted by molar-refractivity contribution is 5.80. The molecule has 1 heterocycles. The summed E-state index contributed by atoms with van der Waals surface area (Å²) in [7, 11) is 1.98. The van der Waals surface area contributed by atoms with Crippen LogP contribution < -0.4 is 5.32 Å². The van der Waals surface area contributed by atoms with Gasteiger partial charge in [0.15, 0.2) is 0 Å². The summed E-state index contributed by atoms with van der Waals surface area (Å²) in [6.45, 7) is 0.347. The van der Waals surface area contributed by atoms with Crippen molar-refractivity contribution in [3.05, 3.63) is 36.0 Å². The monoisotopic (exact) mass is 204 g/mol. The van der Waals surface area contributed by atoms with E-state index < -0.39 is 6.09 Å². The van der Waals surface area contributed by atoms with Gasteiger partial charge in [-0.15, -0.1) is 0 Å². The molecule has 0 spiro atoms. The molecule has 2 aromatic rings. The van der Waals surface area contributed by atoms with Gasteiger partial charge in [0, 0.05) is 25.3 Å². The van der Waals surface area contributed by atoms with Gasteiger partial charge in [0.25, 0.3) is 0 Å². The zero-order valence-corrected chi connectivity index (χ0v) is 8.40. The summed E-state index contributed by atoms with van der Waals surface area (Å²) in [6, 6.07) is 7.93. The van der Waals surface area contributed by atoms with Crippen molar-refractivity contribution in [1.29, 1.82) is 0 Å². The van der Waals surface area contributed by atoms with Gasteiger partial charge in [-0.05, 0) is 29.1 Å². The Hall–Kier alpha value is -1.97. The van der Waals surface area contributed by atoms with Gasteiger partial charge in [0.1, 0.15) is 0 Å². The largest absolute Gasteiger partial charge is 0.465 e. The molecule has 4 nitrogen and oxygen atoms in total. The number of carbonyl (C=O) groups is 1. The van der Waals surface area contributed by atoms with Crippen LogP contribution >= 0.6 is 0 Å². The molecule has 0 aliphatic heterocycles. The smallest absolute Gasteiger partial charge is 0.404 e. The van der Waals surface area contributed by atoms with Gasteiger partial charge >= 0.3 is 6.09 Å². The highest BCUT2D eigenvalue weighted by Crippen LogP contribution is 2.16. The van der Waals surface area contributed by atoms with Gasteiger partial charge in [-0.25, -0.2) is 4.79 Å². The molecule has 15 heavy (non-hydrogen) atoms. The molecule has 0 aliphatic rings. The van der Waals surface area contributed by atoms with Gasteiger partial charge in [-0.1, -0.05) is 6.07 Å². The fourth-order valence-electron chi connectivity index (χ4n) is 1.62. The Bertz CT molecular complexity index is 502. The normalized spacial score (nSPS) is 10.5. The maximum atomic E-state index is 10.3. The minimum Gasteiger partial charge on any atom is -0.465 e. The third-order valence-corrected chi connectivity index (χ3v) is 2.39. The molecule has 1 amide bonds. The molecule has 4 heteroatoms. The number of carboxylic acid groups (broad SMARTS) is 1. The number of hydrogen-bond donors (Lipinski definition) is 2. The van der Waals surface area contributed by atoms with Crippen molar-refractivity contribution in [3.63, 3.8) is 0 Å². The highest BCUT2D eigenvalue weighted by Gasteiger charge is 2.00. The maximum absolute atomic E-state index is 10.3. The summed E-state index contributed by atoms with van der Waals surface area (Å²) in [5.41, 5.74) is 2.12. The molecule has 0 atom stereocenters. The third-order valence-electron chi connectivity index (χ3n) is 2.39. The number of aromatic nitrogens is 1. The predicted molar refractivity (Wildman–Crippen MR) is 57.8 cm³/mol. The van der Waals surface area contributed by atoms with Crippen LogP contribution in [0.4, 0.5) is 4.79 Å². The number of aryl methyl sites for hydroxylation is 1. The standard InChI is InChI=1S/C11H12N2O2/c1-13-5-4-9-6-8(2-3-10(9)13)7-12-11(14)15/h2-6,12H,7H2,1H3,(H,14,15). The van der Waals surface area contributed by atoms with Gasteiger partial charge in [0.2, 0.25) is 0 Å². The molecular formula is C11H12N2O2. The molecule has 1 aromatic heterocycles. The quantitative estimate of drug-likeness (QED) is 0.785. The average Bonchev–Trinajstić information content (AvgIpc) is 2.57. The van der Waals surface area contributed by atoms with Crippen LogP contribution in [0.3, 0.4) is 0 Å². The number of nitrogens with one attached hydrogen (secondary N) is 1. The number of rotatable bonds is 2. The third kappa shape index (κ3) is 1.93. The van der Waals surface area contributed by atoms with Crippen molar-refractivity contribution >= 4 is 17.0 Å². The number of nitrogens with zero attached hydrogens (tertiary/aromatic N) is 1. The molecule has 2 rings (SSSR count). The first-order chi connectivity index (χ1) is 7.16. The van der Waals surface area contributed by atoms with Crippen LogP contribution in [0.5, 0.6) is 0 Å². The lowest BCUT2D eigenvalue weighted by Crippen LogP contribution is -2.19. The first-order valence-electron chi connectivity index (χ1n) is 4.67. The Labute approximate surface area is 87.1 Å². The van der Waals surface area contributed by atoms with E-state index in [1.807, 2.05) is 42.1 Å². The van der Waals surface area contributed by atoms with E-state index >= 15 is 0 Å². The Kier molecular flexibility index (Phi) is 2.33. The molecule has 0 fully saturated rings. The molecule has 2 N–H and O–H groups in total. The SMILES string of the molecule is Cn1ccc2cc(CNC(=O)O)ccc21. The Morgan fingerprint density at radius 3 is 3.00 bits per heavy atom. The molecule has 0 saturated carbocycles. The van der Waals surface area contributed by atoms with Crippen molar-refractivity contribution in [1.82, 2.24) is 9.88 Å². The van der Waals surface area contributed by atoms with Crippen LogP contribution in [-0.2, 0) is 13.6 Å². The second kappa shape index (κ2) is 3.65. The van der Waals surface area contributed by atoms with Gasteiger partial charge in [-0.3, -0.25) is 0 Å². The van der Waals surface area contributed by atoms with E-state index in [9.17, 15) is 4.79 Å². The molecule has 0 saturated heterocycles. The number of fused-ring (bicyclic) bond motifs is 1. The zero-order chi connectivity index (χ0) is 10.8. The van der Waals surface area contributed by atoms with E-state index in [1.54, 1.807) is 0 Å². The highest BCUT2D eigenvalue weighted by atomic mass is 16.4. The molecule has 0 radical (unpaired) electrons. The molecule has 1 aromatic carbocycles. The van der Waals surface area contributed by atoms with Crippen LogP contribution in [0.15, 0.2) is 30.5 Å². The summed E-state index contributed by atoms with van der Waals surface area (Å²) in [5, 5.41) is 11.9. The van der Waals surface area contributed by atoms with Crippen LogP contribution in [0.2, 0.25) is 0 Å².